The van der Waals surface area contributed by atoms with Crippen LogP contribution in [0.4, 0.5) is 0 Å². The van der Waals surface area contributed by atoms with Crippen LogP contribution in [0, 0.1) is 0 Å². The molecule has 0 saturated heterocycles. The lowest BCUT2D eigenvalue weighted by molar-refractivity contribution is 0.0939. The van der Waals surface area contributed by atoms with E-state index in [1.165, 1.54) is 4.88 Å². The molecule has 2 aromatic rings. The third-order valence-electron chi connectivity index (χ3n) is 4.55. The minimum Gasteiger partial charge on any atom is -0.357 e. The van der Waals surface area contributed by atoms with E-state index in [4.69, 9.17) is 0 Å². The maximum Gasteiger partial charge on any atom is 0.251 e. The Hall–Kier alpha value is -2.34. The number of nitrogens with zero attached hydrogens (tertiary/aromatic N) is 1. The number of guanidine groups is 1. The van der Waals surface area contributed by atoms with E-state index in [0.717, 1.165) is 31.0 Å². The van der Waals surface area contributed by atoms with Crippen molar-refractivity contribution in [2.24, 2.45) is 4.99 Å². The zero-order chi connectivity index (χ0) is 20.4. The van der Waals surface area contributed by atoms with Gasteiger partial charge >= 0.3 is 0 Å². The van der Waals surface area contributed by atoms with Crippen molar-refractivity contribution in [1.82, 2.24) is 16.0 Å². The standard InChI is InChI=1S/C22H32N4OS/c1-5-17(4)26-21(27)19-10-7-9-18(13-19)15-25-22(23-6-2)24-14-16(3)20-11-8-12-28-20/h7-13,16-17H,5-6,14-15H2,1-4H3,(H,26,27)(H2,23,24,25). The smallest absolute Gasteiger partial charge is 0.251 e. The molecule has 0 radical (unpaired) electrons. The summed E-state index contributed by atoms with van der Waals surface area (Å²) in [5.41, 5.74) is 1.69. The summed E-state index contributed by atoms with van der Waals surface area (Å²) in [7, 11) is 0. The van der Waals surface area contributed by atoms with E-state index in [-0.39, 0.29) is 11.9 Å². The van der Waals surface area contributed by atoms with E-state index in [1.807, 2.05) is 31.2 Å². The van der Waals surface area contributed by atoms with Crippen LogP contribution in [0.15, 0.2) is 46.8 Å². The maximum absolute atomic E-state index is 12.3. The summed E-state index contributed by atoms with van der Waals surface area (Å²) in [6, 6.07) is 12.1. The highest BCUT2D eigenvalue weighted by Crippen LogP contribution is 2.19. The lowest BCUT2D eigenvalue weighted by Crippen LogP contribution is -2.39. The van der Waals surface area contributed by atoms with Crippen molar-refractivity contribution in [1.29, 1.82) is 0 Å². The van der Waals surface area contributed by atoms with Gasteiger partial charge in [0.05, 0.1) is 6.54 Å². The quantitative estimate of drug-likeness (QED) is 0.438. The molecule has 28 heavy (non-hydrogen) atoms. The fourth-order valence-corrected chi connectivity index (χ4v) is 3.44. The Morgan fingerprint density at radius 2 is 1.96 bits per heavy atom. The van der Waals surface area contributed by atoms with Gasteiger partial charge < -0.3 is 16.0 Å². The fourth-order valence-electron chi connectivity index (χ4n) is 2.65. The highest BCUT2D eigenvalue weighted by molar-refractivity contribution is 7.10. The van der Waals surface area contributed by atoms with Crippen molar-refractivity contribution in [3.05, 3.63) is 57.8 Å². The Balaban J connectivity index is 1.98. The third-order valence-corrected chi connectivity index (χ3v) is 5.65. The number of aliphatic imine (C=N–C) groups is 1. The van der Waals surface area contributed by atoms with Crippen LogP contribution < -0.4 is 16.0 Å². The summed E-state index contributed by atoms with van der Waals surface area (Å²) in [5, 5.41) is 11.8. The second-order valence-corrected chi connectivity index (χ2v) is 7.95. The first-order valence-corrected chi connectivity index (χ1v) is 10.9. The van der Waals surface area contributed by atoms with Crippen molar-refractivity contribution < 1.29 is 4.79 Å². The minimum absolute atomic E-state index is 0.0324. The average Bonchev–Trinajstić information content (AvgIpc) is 3.25. The molecule has 152 valence electrons. The van der Waals surface area contributed by atoms with Crippen molar-refractivity contribution in [3.63, 3.8) is 0 Å². The van der Waals surface area contributed by atoms with Gasteiger partial charge in [-0.3, -0.25) is 4.79 Å². The molecule has 0 aliphatic carbocycles. The Bertz CT molecular complexity index is 758. The molecule has 1 amide bonds. The van der Waals surface area contributed by atoms with E-state index >= 15 is 0 Å². The summed E-state index contributed by atoms with van der Waals surface area (Å²) in [4.78, 5) is 18.4. The maximum atomic E-state index is 12.3. The van der Waals surface area contributed by atoms with E-state index < -0.39 is 0 Å². The number of thiophene rings is 1. The molecule has 0 spiro atoms. The normalized spacial score (nSPS) is 13.6. The number of hydrogen-bond acceptors (Lipinski definition) is 3. The highest BCUT2D eigenvalue weighted by Gasteiger charge is 2.10. The van der Waals surface area contributed by atoms with Crippen LogP contribution in [0.3, 0.4) is 0 Å². The van der Waals surface area contributed by atoms with Gasteiger partial charge in [-0.25, -0.2) is 4.99 Å². The molecule has 2 unspecified atom stereocenters. The minimum atomic E-state index is -0.0324. The van der Waals surface area contributed by atoms with Crippen molar-refractivity contribution in [3.8, 4) is 0 Å². The van der Waals surface area contributed by atoms with Gasteiger partial charge in [-0.05, 0) is 49.4 Å². The molecular weight excluding hydrogens is 368 g/mol. The topological polar surface area (TPSA) is 65.5 Å². The Kier molecular flexibility index (Phi) is 9.01. The summed E-state index contributed by atoms with van der Waals surface area (Å²) in [6.07, 6.45) is 0.914. The molecule has 2 rings (SSSR count). The molecule has 0 aliphatic rings. The molecule has 0 bridgehead atoms. The average molecular weight is 401 g/mol. The molecule has 3 N–H and O–H groups in total. The lowest BCUT2D eigenvalue weighted by Gasteiger charge is -2.15. The molecule has 0 fully saturated rings. The predicted octanol–water partition coefficient (Wildman–Crippen LogP) is 4.14. The molecule has 6 heteroatoms. The first-order chi connectivity index (χ1) is 13.5. The molecular formula is C22H32N4OS. The number of nitrogens with one attached hydrogen (secondary N) is 3. The SMILES string of the molecule is CCNC(=NCc1cccc(C(=O)NC(C)CC)c1)NCC(C)c1cccs1. The van der Waals surface area contributed by atoms with E-state index in [0.29, 0.717) is 18.0 Å². The predicted molar refractivity (Wildman–Crippen MR) is 119 cm³/mol. The Labute approximate surface area is 172 Å². The number of rotatable bonds is 9. The van der Waals surface area contributed by atoms with Crippen molar-refractivity contribution >= 4 is 23.2 Å². The summed E-state index contributed by atoms with van der Waals surface area (Å²) < 4.78 is 0. The van der Waals surface area contributed by atoms with Crippen molar-refractivity contribution in [2.45, 2.75) is 52.6 Å². The second-order valence-electron chi connectivity index (χ2n) is 6.98. The Morgan fingerprint density at radius 3 is 2.64 bits per heavy atom. The van der Waals surface area contributed by atoms with Crippen LogP contribution in [0.5, 0.6) is 0 Å². The Morgan fingerprint density at radius 1 is 1.14 bits per heavy atom. The van der Waals surface area contributed by atoms with Gasteiger partial charge in [-0.1, -0.05) is 32.0 Å². The summed E-state index contributed by atoms with van der Waals surface area (Å²) in [5.74, 6) is 1.19. The summed E-state index contributed by atoms with van der Waals surface area (Å²) >= 11 is 1.78. The molecule has 1 aromatic heterocycles. The zero-order valence-corrected chi connectivity index (χ0v) is 18.1. The number of carbonyl (C=O) groups excluding carboxylic acids is 1. The van der Waals surface area contributed by atoms with Gasteiger partial charge in [0.1, 0.15) is 0 Å². The number of hydrogen-bond donors (Lipinski definition) is 3. The van der Waals surface area contributed by atoms with Crippen LogP contribution in [-0.2, 0) is 6.54 Å². The fraction of sp³-hybridized carbons (Fsp3) is 0.455. The summed E-state index contributed by atoms with van der Waals surface area (Å²) in [6.45, 7) is 10.5. The van der Waals surface area contributed by atoms with Crippen LogP contribution >= 0.6 is 11.3 Å². The monoisotopic (exact) mass is 400 g/mol. The lowest BCUT2D eigenvalue weighted by atomic mass is 10.1. The van der Waals surface area contributed by atoms with Crippen molar-refractivity contribution in [2.75, 3.05) is 13.1 Å². The molecule has 0 saturated carbocycles. The second kappa shape index (κ2) is 11.5. The number of carbonyl (C=O) groups is 1. The van der Waals surface area contributed by atoms with Crippen LogP contribution in [0.2, 0.25) is 0 Å². The number of benzene rings is 1. The first kappa shape index (κ1) is 22.0. The van der Waals surface area contributed by atoms with Gasteiger partial charge in [0, 0.05) is 35.5 Å². The van der Waals surface area contributed by atoms with E-state index in [9.17, 15) is 4.79 Å². The molecule has 1 aromatic carbocycles. The third kappa shape index (κ3) is 7.00. The molecule has 5 nitrogen and oxygen atoms in total. The first-order valence-electron chi connectivity index (χ1n) is 9.98. The van der Waals surface area contributed by atoms with Crippen LogP contribution in [0.1, 0.15) is 60.8 Å². The van der Waals surface area contributed by atoms with Gasteiger partial charge in [0.15, 0.2) is 5.96 Å². The largest absolute Gasteiger partial charge is 0.357 e. The highest BCUT2D eigenvalue weighted by atomic mass is 32.1. The van der Waals surface area contributed by atoms with Gasteiger partial charge in [0.2, 0.25) is 0 Å². The van der Waals surface area contributed by atoms with E-state index in [2.05, 4.69) is 59.2 Å². The van der Waals surface area contributed by atoms with E-state index in [1.54, 1.807) is 11.3 Å². The van der Waals surface area contributed by atoms with Crippen LogP contribution in [0.25, 0.3) is 0 Å². The molecule has 0 aliphatic heterocycles. The number of amides is 1. The van der Waals surface area contributed by atoms with Gasteiger partial charge in [-0.15, -0.1) is 11.3 Å². The van der Waals surface area contributed by atoms with Crippen LogP contribution in [-0.4, -0.2) is 31.0 Å². The molecule has 1 heterocycles. The van der Waals surface area contributed by atoms with Gasteiger partial charge in [0.25, 0.3) is 5.91 Å². The molecule has 2 atom stereocenters. The van der Waals surface area contributed by atoms with Gasteiger partial charge in [-0.2, -0.15) is 0 Å². The zero-order valence-electron chi connectivity index (χ0n) is 17.3.